The molecule has 5 nitrogen and oxygen atoms in total. The van der Waals surface area contributed by atoms with Gasteiger partial charge in [0, 0.05) is 30.9 Å². The van der Waals surface area contributed by atoms with Crippen LogP contribution in [0, 0.1) is 0 Å². The van der Waals surface area contributed by atoms with E-state index in [1.807, 2.05) is 41.4 Å². The SMILES string of the molecule is C=CCN(Cc1cccs1)C(=O)c1ccc(CSc2nccn2C)o1. The number of aromatic nitrogens is 2. The maximum atomic E-state index is 12.7. The van der Waals surface area contributed by atoms with Gasteiger partial charge in [-0.3, -0.25) is 4.79 Å². The van der Waals surface area contributed by atoms with Gasteiger partial charge in [0.2, 0.25) is 0 Å². The molecule has 0 radical (unpaired) electrons. The third-order valence-corrected chi connectivity index (χ3v) is 5.50. The second kappa shape index (κ2) is 8.22. The molecular formula is C18H19N3O2S2. The summed E-state index contributed by atoms with van der Waals surface area (Å²) in [4.78, 5) is 19.9. The molecule has 0 fully saturated rings. The summed E-state index contributed by atoms with van der Waals surface area (Å²) in [6.07, 6.45) is 5.39. The fourth-order valence-corrected chi connectivity index (χ4v) is 3.86. The number of thioether (sulfide) groups is 1. The molecular weight excluding hydrogens is 354 g/mol. The number of aryl methyl sites for hydroxylation is 1. The molecule has 0 aliphatic carbocycles. The summed E-state index contributed by atoms with van der Waals surface area (Å²) < 4.78 is 7.70. The van der Waals surface area contributed by atoms with Crippen molar-refractivity contribution in [2.24, 2.45) is 7.05 Å². The molecule has 130 valence electrons. The molecule has 0 aliphatic rings. The van der Waals surface area contributed by atoms with Gasteiger partial charge in [-0.15, -0.1) is 17.9 Å². The highest BCUT2D eigenvalue weighted by Crippen LogP contribution is 2.23. The third-order valence-electron chi connectivity index (χ3n) is 3.56. The van der Waals surface area contributed by atoms with Crippen LogP contribution in [0.1, 0.15) is 21.2 Å². The maximum Gasteiger partial charge on any atom is 0.290 e. The van der Waals surface area contributed by atoms with E-state index >= 15 is 0 Å². The minimum atomic E-state index is -0.124. The van der Waals surface area contributed by atoms with E-state index in [0.29, 0.717) is 24.6 Å². The molecule has 3 aromatic rings. The van der Waals surface area contributed by atoms with E-state index in [4.69, 9.17) is 4.42 Å². The molecule has 1 amide bonds. The molecule has 0 spiro atoms. The topological polar surface area (TPSA) is 51.3 Å². The normalized spacial score (nSPS) is 10.8. The van der Waals surface area contributed by atoms with Crippen molar-refractivity contribution in [2.75, 3.05) is 6.54 Å². The summed E-state index contributed by atoms with van der Waals surface area (Å²) in [7, 11) is 1.95. The first-order chi connectivity index (χ1) is 12.2. The Kier molecular flexibility index (Phi) is 5.78. The smallest absolute Gasteiger partial charge is 0.290 e. The van der Waals surface area contributed by atoms with E-state index in [0.717, 1.165) is 15.8 Å². The summed E-state index contributed by atoms with van der Waals surface area (Å²) >= 11 is 3.20. The van der Waals surface area contributed by atoms with Gasteiger partial charge in [0.15, 0.2) is 10.9 Å². The van der Waals surface area contributed by atoms with Crippen LogP contribution in [0.4, 0.5) is 0 Å². The van der Waals surface area contributed by atoms with Crippen molar-refractivity contribution >= 4 is 29.0 Å². The van der Waals surface area contributed by atoms with Crippen LogP contribution < -0.4 is 0 Å². The number of thiophene rings is 1. The van der Waals surface area contributed by atoms with Crippen LogP contribution in [0.3, 0.4) is 0 Å². The number of carbonyl (C=O) groups excluding carboxylic acids is 1. The molecule has 0 aromatic carbocycles. The molecule has 25 heavy (non-hydrogen) atoms. The van der Waals surface area contributed by atoms with Gasteiger partial charge in [0.25, 0.3) is 5.91 Å². The van der Waals surface area contributed by atoms with Crippen molar-refractivity contribution in [3.63, 3.8) is 0 Å². The summed E-state index contributed by atoms with van der Waals surface area (Å²) in [5.74, 6) is 1.62. The highest BCUT2D eigenvalue weighted by molar-refractivity contribution is 7.98. The number of rotatable bonds is 8. The van der Waals surface area contributed by atoms with Crippen molar-refractivity contribution in [3.8, 4) is 0 Å². The Balaban J connectivity index is 1.65. The van der Waals surface area contributed by atoms with Crippen molar-refractivity contribution in [2.45, 2.75) is 17.5 Å². The van der Waals surface area contributed by atoms with Gasteiger partial charge in [-0.1, -0.05) is 23.9 Å². The minimum Gasteiger partial charge on any atom is -0.455 e. The zero-order valence-corrected chi connectivity index (χ0v) is 15.6. The Morgan fingerprint density at radius 1 is 1.48 bits per heavy atom. The first-order valence-electron chi connectivity index (χ1n) is 7.78. The molecule has 0 aliphatic heterocycles. The van der Waals surface area contributed by atoms with Gasteiger partial charge in [-0.05, 0) is 23.6 Å². The second-order valence-corrected chi connectivity index (χ2v) is 7.40. The zero-order valence-electron chi connectivity index (χ0n) is 13.9. The molecule has 0 saturated heterocycles. The van der Waals surface area contributed by atoms with Crippen molar-refractivity contribution in [1.82, 2.24) is 14.5 Å². The lowest BCUT2D eigenvalue weighted by Crippen LogP contribution is -2.30. The summed E-state index contributed by atoms with van der Waals surface area (Å²) in [5.41, 5.74) is 0. The maximum absolute atomic E-state index is 12.7. The molecule has 0 saturated carbocycles. The number of carbonyl (C=O) groups is 1. The van der Waals surface area contributed by atoms with E-state index in [2.05, 4.69) is 11.6 Å². The Hall–Kier alpha value is -2.25. The Bertz CT molecular complexity index is 836. The minimum absolute atomic E-state index is 0.124. The van der Waals surface area contributed by atoms with Crippen LogP contribution in [-0.2, 0) is 19.3 Å². The molecule has 0 bridgehead atoms. The van der Waals surface area contributed by atoms with Gasteiger partial charge in [-0.2, -0.15) is 0 Å². The predicted molar refractivity (Wildman–Crippen MR) is 101 cm³/mol. The van der Waals surface area contributed by atoms with E-state index in [9.17, 15) is 4.79 Å². The summed E-state index contributed by atoms with van der Waals surface area (Å²) in [6.45, 7) is 4.78. The van der Waals surface area contributed by atoms with Crippen LogP contribution in [0.5, 0.6) is 0 Å². The average molecular weight is 374 g/mol. The number of hydrogen-bond donors (Lipinski definition) is 0. The molecule has 3 aromatic heterocycles. The first kappa shape index (κ1) is 17.6. The van der Waals surface area contributed by atoms with E-state index in [-0.39, 0.29) is 5.91 Å². The molecule has 3 heterocycles. The van der Waals surface area contributed by atoms with Gasteiger partial charge >= 0.3 is 0 Å². The highest BCUT2D eigenvalue weighted by Gasteiger charge is 2.19. The Morgan fingerprint density at radius 2 is 2.36 bits per heavy atom. The molecule has 0 unspecified atom stereocenters. The number of imidazole rings is 1. The van der Waals surface area contributed by atoms with Crippen LogP contribution >= 0.6 is 23.1 Å². The molecule has 0 atom stereocenters. The van der Waals surface area contributed by atoms with Crippen LogP contribution in [0.15, 0.2) is 64.3 Å². The fraction of sp³-hybridized carbons (Fsp3) is 0.222. The summed E-state index contributed by atoms with van der Waals surface area (Å²) in [6, 6.07) is 7.59. The Morgan fingerprint density at radius 3 is 3.04 bits per heavy atom. The lowest BCUT2D eigenvalue weighted by Gasteiger charge is -2.19. The van der Waals surface area contributed by atoms with Crippen molar-refractivity contribution in [3.05, 3.63) is 71.1 Å². The number of furan rings is 1. The van der Waals surface area contributed by atoms with Gasteiger partial charge < -0.3 is 13.9 Å². The number of nitrogens with zero attached hydrogens (tertiary/aromatic N) is 3. The van der Waals surface area contributed by atoms with Gasteiger partial charge in [-0.25, -0.2) is 4.98 Å². The van der Waals surface area contributed by atoms with Crippen LogP contribution in [0.2, 0.25) is 0 Å². The first-order valence-corrected chi connectivity index (χ1v) is 9.65. The van der Waals surface area contributed by atoms with Gasteiger partial charge in [0.1, 0.15) is 5.76 Å². The molecule has 0 N–H and O–H groups in total. The van der Waals surface area contributed by atoms with E-state index in [1.165, 1.54) is 0 Å². The average Bonchev–Trinajstić information content (AvgIpc) is 3.34. The van der Waals surface area contributed by atoms with E-state index in [1.54, 1.807) is 46.3 Å². The summed E-state index contributed by atoms with van der Waals surface area (Å²) in [5, 5.41) is 2.92. The third kappa shape index (κ3) is 4.43. The molecule has 7 heteroatoms. The highest BCUT2D eigenvalue weighted by atomic mass is 32.2. The standard InChI is InChI=1S/C18H19N3O2S2/c1-3-9-21(12-15-5-4-11-24-15)17(22)16-7-6-14(23-16)13-25-18-19-8-10-20(18)2/h3-8,10-11H,1,9,12-13H2,2H3. The largest absolute Gasteiger partial charge is 0.455 e. The second-order valence-electron chi connectivity index (χ2n) is 5.43. The van der Waals surface area contributed by atoms with Gasteiger partial charge in [0.05, 0.1) is 12.3 Å². The number of amides is 1. The van der Waals surface area contributed by atoms with Crippen LogP contribution in [-0.4, -0.2) is 26.9 Å². The van der Waals surface area contributed by atoms with Crippen LogP contribution in [0.25, 0.3) is 0 Å². The predicted octanol–water partition coefficient (Wildman–Crippen LogP) is 4.20. The van der Waals surface area contributed by atoms with Crippen molar-refractivity contribution < 1.29 is 9.21 Å². The fourth-order valence-electron chi connectivity index (χ4n) is 2.32. The quantitative estimate of drug-likeness (QED) is 0.439. The monoisotopic (exact) mass is 373 g/mol. The van der Waals surface area contributed by atoms with E-state index < -0.39 is 0 Å². The lowest BCUT2D eigenvalue weighted by molar-refractivity contribution is 0.0730. The zero-order chi connectivity index (χ0) is 17.6. The number of hydrogen-bond acceptors (Lipinski definition) is 5. The van der Waals surface area contributed by atoms with Crippen molar-refractivity contribution in [1.29, 1.82) is 0 Å². The molecule has 3 rings (SSSR count). The Labute approximate surface area is 155 Å². The lowest BCUT2D eigenvalue weighted by atomic mass is 10.3.